The van der Waals surface area contributed by atoms with Gasteiger partial charge >= 0.3 is 0 Å². The van der Waals surface area contributed by atoms with Crippen molar-refractivity contribution in [2.75, 3.05) is 5.34 Å². The summed E-state index contributed by atoms with van der Waals surface area (Å²) in [5.74, 6) is 0. The second-order valence-corrected chi connectivity index (χ2v) is 1.91. The zero-order valence-electron chi connectivity index (χ0n) is 4.90. The van der Waals surface area contributed by atoms with Crippen LogP contribution in [-0.4, -0.2) is 5.34 Å². The van der Waals surface area contributed by atoms with Crippen LogP contribution in [0.1, 0.15) is 6.42 Å². The fourth-order valence-corrected chi connectivity index (χ4v) is 0.340. The summed E-state index contributed by atoms with van der Waals surface area (Å²) in [4.78, 5) is 0. The summed E-state index contributed by atoms with van der Waals surface area (Å²) in [6.45, 7) is 0. The second-order valence-electron chi connectivity index (χ2n) is 1.10. The third kappa shape index (κ3) is 12.1. The molecule has 0 heterocycles. The van der Waals surface area contributed by atoms with Crippen molar-refractivity contribution in [3.05, 3.63) is 24.3 Å². The molecule has 0 unspecified atom stereocenters. The maximum absolute atomic E-state index is 4.76. The molecular weight excluding hydrogens is 191 g/mol. The predicted molar refractivity (Wildman–Crippen MR) is 38.1 cm³/mol. The van der Waals surface area contributed by atoms with Crippen LogP contribution in [0.4, 0.5) is 0 Å². The Hall–Kier alpha value is 0.774. The van der Waals surface area contributed by atoms with E-state index in [1.54, 1.807) is 0 Å². The van der Waals surface area contributed by atoms with Crippen LogP contribution in [0, 0.1) is 6.08 Å². The maximum Gasteiger partial charge on any atom is 0.0967 e. The van der Waals surface area contributed by atoms with Crippen LogP contribution in [0.5, 0.6) is 0 Å². The van der Waals surface area contributed by atoms with Gasteiger partial charge in [0.2, 0.25) is 0 Å². The fraction of sp³-hybridized carbons (Fsp3) is 0.333. The van der Waals surface area contributed by atoms with Crippen LogP contribution < -0.4 is 0 Å². The number of allylic oxidation sites excluding steroid dienone is 4. The molecule has 1 aliphatic carbocycles. The molecule has 50 valence electrons. The molecule has 9 heavy (non-hydrogen) atoms. The van der Waals surface area contributed by atoms with Gasteiger partial charge in [-0.05, 0) is 0 Å². The third-order valence-electron chi connectivity index (χ3n) is 0.586. The van der Waals surface area contributed by atoms with Gasteiger partial charge in [0.05, 0.1) is 5.34 Å². The zero-order valence-corrected chi connectivity index (χ0v) is 7.98. The number of hydrogen-bond donors (Lipinski definition) is 0. The third-order valence-corrected chi connectivity index (χ3v) is 0.586. The topological polar surface area (TPSA) is 0 Å². The van der Waals surface area contributed by atoms with Gasteiger partial charge in [-0.3, -0.25) is 6.08 Å². The van der Waals surface area contributed by atoms with Crippen LogP contribution in [-0.2, 0) is 21.7 Å². The predicted octanol–water partition coefficient (Wildman–Crippen LogP) is 2.72. The van der Waals surface area contributed by atoms with Crippen molar-refractivity contribution in [2.24, 2.45) is 0 Å². The molecule has 0 fully saturated rings. The average Bonchev–Trinajstić information content (AvgIpc) is 2.17. The first kappa shape index (κ1) is 12.5. The Bertz CT molecular complexity index is 79.1. The van der Waals surface area contributed by atoms with Crippen LogP contribution in [0.2, 0.25) is 0 Å². The van der Waals surface area contributed by atoms with E-state index in [-0.39, 0.29) is 27.1 Å². The molecule has 0 nitrogen and oxygen atoms in total. The van der Waals surface area contributed by atoms with Gasteiger partial charge in [0.25, 0.3) is 0 Å². The summed E-state index contributed by atoms with van der Waals surface area (Å²) in [7, 11) is 0. The van der Waals surface area contributed by atoms with E-state index < -0.39 is 0 Å². The summed E-state index contributed by atoms with van der Waals surface area (Å²) in [6, 6.07) is 0. The summed E-state index contributed by atoms with van der Waals surface area (Å²) in [5.41, 5.74) is 0. The summed E-state index contributed by atoms with van der Waals surface area (Å²) in [5, 5.41) is 0.194. The van der Waals surface area contributed by atoms with Gasteiger partial charge in [0.1, 0.15) is 0 Å². The fourth-order valence-electron chi connectivity index (χ4n) is 0.340. The normalized spacial score (nSPS) is 11.8. The van der Waals surface area contributed by atoms with E-state index in [9.17, 15) is 0 Å². The number of rotatable bonds is 0. The van der Waals surface area contributed by atoms with Crippen molar-refractivity contribution >= 4 is 23.2 Å². The Morgan fingerprint density at radius 2 is 2.00 bits per heavy atom. The Morgan fingerprint density at radius 1 is 1.44 bits per heavy atom. The van der Waals surface area contributed by atoms with Crippen LogP contribution in [0.25, 0.3) is 0 Å². The van der Waals surface area contributed by atoms with Gasteiger partial charge in [-0.1, -0.05) is 0 Å². The monoisotopic (exact) mass is 197 g/mol. The largest absolute Gasteiger partial charge is 0.273 e. The van der Waals surface area contributed by atoms with Crippen LogP contribution in [0.15, 0.2) is 18.2 Å². The Morgan fingerprint density at radius 3 is 2.11 bits per heavy atom. The standard InChI is InChI=1S/C5H5.CH2Cl2.Ti/c1-2-4-5-3-1;2-1-3;/h1-3H,4H2;1H2;/q-1;;. The minimum atomic E-state index is 0. The first-order valence-corrected chi connectivity index (χ1v) is 3.32. The Labute approximate surface area is 80.8 Å². The number of alkyl halides is 2. The van der Waals surface area contributed by atoms with Gasteiger partial charge in [-0.15, -0.1) is 29.6 Å². The van der Waals surface area contributed by atoms with Crippen molar-refractivity contribution in [3.63, 3.8) is 0 Å². The van der Waals surface area contributed by atoms with E-state index in [4.69, 9.17) is 23.2 Å². The summed E-state index contributed by atoms with van der Waals surface area (Å²) >= 11 is 9.53. The van der Waals surface area contributed by atoms with Gasteiger partial charge < -0.3 is 0 Å². The molecule has 0 saturated carbocycles. The molecule has 0 radical (unpaired) electrons. The van der Waals surface area contributed by atoms with Crippen molar-refractivity contribution in [1.82, 2.24) is 0 Å². The minimum Gasteiger partial charge on any atom is -0.273 e. The van der Waals surface area contributed by atoms with Crippen molar-refractivity contribution in [2.45, 2.75) is 6.42 Å². The zero-order chi connectivity index (χ0) is 6.24. The molecular formula is C6H7Cl2Ti-. The van der Waals surface area contributed by atoms with Gasteiger partial charge in [0.15, 0.2) is 0 Å². The molecule has 0 amide bonds. The quantitative estimate of drug-likeness (QED) is 0.319. The molecule has 0 aromatic rings. The van der Waals surface area contributed by atoms with Crippen LogP contribution >= 0.6 is 23.2 Å². The van der Waals surface area contributed by atoms with Crippen molar-refractivity contribution in [3.8, 4) is 0 Å². The van der Waals surface area contributed by atoms with Gasteiger partial charge in [-0.2, -0.15) is 6.08 Å². The molecule has 0 N–H and O–H groups in total. The van der Waals surface area contributed by atoms with E-state index >= 15 is 0 Å². The van der Waals surface area contributed by atoms with E-state index in [1.807, 2.05) is 12.2 Å². The summed E-state index contributed by atoms with van der Waals surface area (Å²) < 4.78 is 0. The van der Waals surface area contributed by atoms with E-state index in [2.05, 4.69) is 12.2 Å². The van der Waals surface area contributed by atoms with Gasteiger partial charge in [0, 0.05) is 21.7 Å². The molecule has 0 aliphatic heterocycles. The van der Waals surface area contributed by atoms with Gasteiger partial charge in [-0.25, -0.2) is 12.2 Å². The molecule has 0 aromatic heterocycles. The molecule has 1 rings (SSSR count). The Balaban J connectivity index is 0. The molecule has 0 bridgehead atoms. The van der Waals surface area contributed by atoms with E-state index in [0.29, 0.717) is 0 Å². The van der Waals surface area contributed by atoms with Crippen molar-refractivity contribution in [1.29, 1.82) is 0 Å². The van der Waals surface area contributed by atoms with Crippen LogP contribution in [0.3, 0.4) is 0 Å². The molecule has 0 aromatic carbocycles. The average molecular weight is 198 g/mol. The number of hydrogen-bond acceptors (Lipinski definition) is 0. The SMILES string of the molecule is ClCCl.[C-]1=CC=CC1.[Ti]. The number of halogens is 2. The molecule has 0 spiro atoms. The smallest absolute Gasteiger partial charge is 0.0967 e. The van der Waals surface area contributed by atoms with E-state index in [0.717, 1.165) is 6.42 Å². The summed E-state index contributed by atoms with van der Waals surface area (Å²) in [6.07, 6.45) is 10.0. The first-order chi connectivity index (χ1) is 3.91. The second kappa shape index (κ2) is 11.6. The maximum atomic E-state index is 4.76. The molecule has 0 saturated heterocycles. The van der Waals surface area contributed by atoms with Crippen molar-refractivity contribution < 1.29 is 21.7 Å². The molecule has 1 aliphatic rings. The van der Waals surface area contributed by atoms with E-state index in [1.165, 1.54) is 0 Å². The molecule has 0 atom stereocenters. The minimum absolute atomic E-state index is 0. The molecule has 3 heteroatoms. The Kier molecular flexibility index (Phi) is 16.0. The first-order valence-electron chi connectivity index (χ1n) is 2.25.